The molecule has 0 aromatic carbocycles. The van der Waals surface area contributed by atoms with E-state index in [0.29, 0.717) is 16.9 Å². The smallest absolute Gasteiger partial charge is 0.138 e. The second-order valence-electron chi connectivity index (χ2n) is 4.48. The largest absolute Gasteiger partial charge is 0.329 e. The number of nitrogens with two attached hydrogens (primary N) is 1. The summed E-state index contributed by atoms with van der Waals surface area (Å²) >= 11 is 7.26. The van der Waals surface area contributed by atoms with Crippen LogP contribution in [0, 0.1) is 5.92 Å². The minimum atomic E-state index is 0.460. The molecular formula is C10H17ClN4S. The predicted octanol–water partition coefficient (Wildman–Crippen LogP) is 1.75. The van der Waals surface area contributed by atoms with Crippen LogP contribution in [0.3, 0.4) is 0 Å². The van der Waals surface area contributed by atoms with Gasteiger partial charge in [-0.15, -0.1) is 5.10 Å². The van der Waals surface area contributed by atoms with E-state index in [1.807, 2.05) is 0 Å². The minimum absolute atomic E-state index is 0.460. The molecule has 6 heteroatoms. The van der Waals surface area contributed by atoms with Gasteiger partial charge in [0.15, 0.2) is 0 Å². The lowest BCUT2D eigenvalue weighted by Gasteiger charge is -2.37. The van der Waals surface area contributed by atoms with Crippen LogP contribution >= 0.6 is 23.1 Å². The van der Waals surface area contributed by atoms with E-state index in [-0.39, 0.29) is 0 Å². The summed E-state index contributed by atoms with van der Waals surface area (Å²) < 4.78 is 4.56. The highest BCUT2D eigenvalue weighted by molar-refractivity contribution is 7.10. The highest BCUT2D eigenvalue weighted by atomic mass is 35.5. The highest BCUT2D eigenvalue weighted by Crippen LogP contribution is 2.25. The van der Waals surface area contributed by atoms with Crippen LogP contribution in [0.25, 0.3) is 0 Å². The summed E-state index contributed by atoms with van der Waals surface area (Å²) in [5.74, 6) is 0.772. The molecule has 0 saturated carbocycles. The van der Waals surface area contributed by atoms with Crippen LogP contribution < -0.4 is 5.73 Å². The van der Waals surface area contributed by atoms with E-state index in [1.54, 1.807) is 0 Å². The van der Waals surface area contributed by atoms with Crippen molar-refractivity contribution < 1.29 is 0 Å². The third-order valence-corrected chi connectivity index (χ3v) is 4.22. The van der Waals surface area contributed by atoms with Gasteiger partial charge in [0.25, 0.3) is 0 Å². The fourth-order valence-electron chi connectivity index (χ4n) is 2.24. The monoisotopic (exact) mass is 260 g/mol. The Balaban J connectivity index is 2.01. The summed E-state index contributed by atoms with van der Waals surface area (Å²) in [4.78, 5) is 2.38. The zero-order valence-corrected chi connectivity index (χ0v) is 11.0. The second kappa shape index (κ2) is 5.40. The Bertz CT molecular complexity index is 343. The van der Waals surface area contributed by atoms with Crippen molar-refractivity contribution in [1.82, 2.24) is 14.5 Å². The summed E-state index contributed by atoms with van der Waals surface area (Å²) in [6.07, 6.45) is 2.40. The van der Waals surface area contributed by atoms with E-state index >= 15 is 0 Å². The first-order valence-corrected chi connectivity index (χ1v) is 6.76. The summed E-state index contributed by atoms with van der Waals surface area (Å²) in [7, 11) is 0. The number of aromatic nitrogens is 2. The van der Waals surface area contributed by atoms with Crippen LogP contribution in [0.4, 0.5) is 0 Å². The maximum Gasteiger partial charge on any atom is 0.138 e. The molecule has 0 bridgehead atoms. The van der Waals surface area contributed by atoms with Crippen molar-refractivity contribution in [3.05, 3.63) is 10.0 Å². The molecule has 2 rings (SSSR count). The van der Waals surface area contributed by atoms with Gasteiger partial charge in [0.1, 0.15) is 10.0 Å². The minimum Gasteiger partial charge on any atom is -0.329 e. The van der Waals surface area contributed by atoms with E-state index in [1.165, 1.54) is 24.4 Å². The lowest BCUT2D eigenvalue weighted by molar-refractivity contribution is 0.114. The lowest BCUT2D eigenvalue weighted by Crippen LogP contribution is -2.45. The van der Waals surface area contributed by atoms with E-state index in [4.69, 9.17) is 17.3 Å². The summed E-state index contributed by atoms with van der Waals surface area (Å²) in [6, 6.07) is 0.460. The topological polar surface area (TPSA) is 55.0 Å². The maximum absolute atomic E-state index is 6.01. The standard InChI is InChI=1S/C10H17ClN4S/c1-7-2-3-15(8(4-7)5-12)6-9-10(11)16-14-13-9/h7-8H,2-6,12H2,1H3. The molecule has 1 aromatic heterocycles. The van der Waals surface area contributed by atoms with Gasteiger partial charge >= 0.3 is 0 Å². The van der Waals surface area contributed by atoms with Crippen LogP contribution in [-0.2, 0) is 6.54 Å². The van der Waals surface area contributed by atoms with Crippen LogP contribution in [0.5, 0.6) is 0 Å². The average Bonchev–Trinajstić information content (AvgIpc) is 2.67. The molecule has 2 N–H and O–H groups in total. The molecule has 16 heavy (non-hydrogen) atoms. The number of piperidine rings is 1. The van der Waals surface area contributed by atoms with Crippen molar-refractivity contribution in [3.63, 3.8) is 0 Å². The summed E-state index contributed by atoms with van der Waals surface area (Å²) in [5.41, 5.74) is 6.70. The molecule has 4 nitrogen and oxygen atoms in total. The van der Waals surface area contributed by atoms with Gasteiger partial charge in [0.05, 0.1) is 0 Å². The summed E-state index contributed by atoms with van der Waals surface area (Å²) in [5, 5.41) is 4.05. The van der Waals surface area contributed by atoms with Crippen molar-refractivity contribution in [1.29, 1.82) is 0 Å². The van der Waals surface area contributed by atoms with E-state index < -0.39 is 0 Å². The molecule has 1 aliphatic rings. The Morgan fingerprint density at radius 2 is 2.44 bits per heavy atom. The molecule has 0 radical (unpaired) electrons. The first-order valence-electron chi connectivity index (χ1n) is 5.61. The van der Waals surface area contributed by atoms with Crippen LogP contribution in [0.2, 0.25) is 4.34 Å². The third kappa shape index (κ3) is 2.71. The molecule has 90 valence electrons. The van der Waals surface area contributed by atoms with Crippen LogP contribution in [0.1, 0.15) is 25.5 Å². The third-order valence-electron chi connectivity index (χ3n) is 3.23. The number of halogens is 1. The Kier molecular flexibility index (Phi) is 4.13. The quantitative estimate of drug-likeness (QED) is 0.900. The number of likely N-dealkylation sites (tertiary alicyclic amines) is 1. The maximum atomic E-state index is 6.01. The molecule has 2 unspecified atom stereocenters. The Morgan fingerprint density at radius 3 is 3.06 bits per heavy atom. The van der Waals surface area contributed by atoms with Crippen LogP contribution in [-0.4, -0.2) is 33.6 Å². The summed E-state index contributed by atoms with van der Waals surface area (Å²) in [6.45, 7) is 4.86. The molecule has 1 fully saturated rings. The molecule has 0 spiro atoms. The Morgan fingerprint density at radius 1 is 1.62 bits per heavy atom. The van der Waals surface area contributed by atoms with Gasteiger partial charge in [0, 0.05) is 30.7 Å². The number of hydrogen-bond acceptors (Lipinski definition) is 5. The average molecular weight is 261 g/mol. The number of rotatable bonds is 3. The van der Waals surface area contributed by atoms with Gasteiger partial charge < -0.3 is 5.73 Å². The first-order chi connectivity index (χ1) is 7.70. The zero-order chi connectivity index (χ0) is 11.5. The van der Waals surface area contributed by atoms with Gasteiger partial charge in [-0.25, -0.2) is 0 Å². The van der Waals surface area contributed by atoms with Crippen molar-refractivity contribution in [2.24, 2.45) is 11.7 Å². The number of hydrogen-bond donors (Lipinski definition) is 1. The van der Waals surface area contributed by atoms with Gasteiger partial charge in [-0.1, -0.05) is 23.0 Å². The van der Waals surface area contributed by atoms with E-state index in [9.17, 15) is 0 Å². The molecule has 1 aliphatic heterocycles. The predicted molar refractivity (Wildman–Crippen MR) is 66.6 cm³/mol. The van der Waals surface area contributed by atoms with Gasteiger partial charge in [-0.3, -0.25) is 4.90 Å². The lowest BCUT2D eigenvalue weighted by atomic mass is 9.92. The molecule has 1 saturated heterocycles. The fraction of sp³-hybridized carbons (Fsp3) is 0.800. The highest BCUT2D eigenvalue weighted by Gasteiger charge is 2.26. The van der Waals surface area contributed by atoms with Crippen molar-refractivity contribution in [3.8, 4) is 0 Å². The Hall–Kier alpha value is -0.230. The van der Waals surface area contributed by atoms with Gasteiger partial charge in [0.2, 0.25) is 0 Å². The van der Waals surface area contributed by atoms with Crippen molar-refractivity contribution >= 4 is 23.1 Å². The van der Waals surface area contributed by atoms with Crippen molar-refractivity contribution in [2.45, 2.75) is 32.4 Å². The normalized spacial score (nSPS) is 27.2. The molecule has 2 heterocycles. The van der Waals surface area contributed by atoms with E-state index in [2.05, 4.69) is 21.4 Å². The van der Waals surface area contributed by atoms with Crippen molar-refractivity contribution in [2.75, 3.05) is 13.1 Å². The Labute approximate surface area is 105 Å². The molecule has 2 atom stereocenters. The van der Waals surface area contributed by atoms with E-state index in [0.717, 1.165) is 24.7 Å². The SMILES string of the molecule is CC1CCN(Cc2nnsc2Cl)C(CN)C1. The zero-order valence-electron chi connectivity index (χ0n) is 9.40. The molecule has 1 aromatic rings. The fourth-order valence-corrected chi connectivity index (χ4v) is 2.85. The van der Waals surface area contributed by atoms with Gasteiger partial charge in [-0.2, -0.15) is 0 Å². The molecule has 0 amide bonds. The van der Waals surface area contributed by atoms with Crippen LogP contribution in [0.15, 0.2) is 0 Å². The number of nitrogens with zero attached hydrogens (tertiary/aromatic N) is 3. The molecule has 0 aliphatic carbocycles. The molecular weight excluding hydrogens is 244 g/mol. The first kappa shape index (κ1) is 12.2. The second-order valence-corrected chi connectivity index (χ2v) is 5.84. The van der Waals surface area contributed by atoms with Gasteiger partial charge in [-0.05, 0) is 25.3 Å².